The van der Waals surface area contributed by atoms with E-state index >= 15 is 0 Å². The zero-order valence-corrected chi connectivity index (χ0v) is 10.3. The van der Waals surface area contributed by atoms with Crippen molar-refractivity contribution in [1.29, 1.82) is 5.26 Å². The van der Waals surface area contributed by atoms with E-state index < -0.39 is 35.7 Å². The highest BCUT2D eigenvalue weighted by atomic mass is 19.1. The number of nitrogens with one attached hydrogen (secondary N) is 1. The molecule has 0 saturated carbocycles. The van der Waals surface area contributed by atoms with E-state index in [-0.39, 0.29) is 11.3 Å². The van der Waals surface area contributed by atoms with Crippen LogP contribution < -0.4 is 5.43 Å². The summed E-state index contributed by atoms with van der Waals surface area (Å²) in [5, 5.41) is 29.0. The molecule has 0 radical (unpaired) electrons. The van der Waals surface area contributed by atoms with Crippen molar-refractivity contribution in [2.45, 2.75) is 6.42 Å². The number of hydrogen-bond acceptors (Lipinski definition) is 6. The molecule has 0 aromatic heterocycles. The van der Waals surface area contributed by atoms with Crippen LogP contribution in [0.4, 0.5) is 10.1 Å². The number of carboxylic acid groups (broad SMARTS) is 2. The molecule has 1 rings (SSSR count). The highest BCUT2D eigenvalue weighted by molar-refractivity contribution is 6.65. The monoisotopic (exact) mass is 293 g/mol. The number of carbonyl (C=O) groups is 3. The molecule has 0 atom stereocenters. The van der Waals surface area contributed by atoms with Gasteiger partial charge in [-0.25, -0.2) is 9.18 Å². The maximum atomic E-state index is 13.3. The molecule has 3 N–H and O–H groups in total. The van der Waals surface area contributed by atoms with Crippen molar-refractivity contribution in [2.75, 3.05) is 5.43 Å². The summed E-state index contributed by atoms with van der Waals surface area (Å²) in [5.74, 6) is -5.29. The van der Waals surface area contributed by atoms with E-state index in [1.807, 2.05) is 0 Å². The number of nitrogens with zero attached hydrogens (tertiary/aromatic N) is 2. The van der Waals surface area contributed by atoms with Gasteiger partial charge in [-0.2, -0.15) is 10.4 Å². The summed E-state index contributed by atoms with van der Waals surface area (Å²) in [4.78, 5) is 32.5. The number of Topliss-reactive ketones (excluding diaryl/α,β-unsaturated/α-hetero) is 1. The summed E-state index contributed by atoms with van der Waals surface area (Å²) >= 11 is 0. The van der Waals surface area contributed by atoms with Crippen molar-refractivity contribution < 1.29 is 29.0 Å². The first-order valence-electron chi connectivity index (χ1n) is 5.36. The van der Waals surface area contributed by atoms with Crippen molar-refractivity contribution in [1.82, 2.24) is 0 Å². The number of hydrazone groups is 1. The molecule has 0 aliphatic rings. The molecule has 1 aromatic carbocycles. The lowest BCUT2D eigenvalue weighted by Crippen LogP contribution is -2.27. The molecular formula is C12H8FN3O5. The van der Waals surface area contributed by atoms with Crippen LogP contribution in [0.1, 0.15) is 12.0 Å². The van der Waals surface area contributed by atoms with Gasteiger partial charge in [-0.1, -0.05) is 0 Å². The normalized spacial score (nSPS) is 10.6. The SMILES string of the molecule is N#Cc1ccc(N/N=C(/C(=O)O)C(=O)CC(=O)O)cc1F. The number of carboxylic acids is 2. The lowest BCUT2D eigenvalue weighted by Gasteiger charge is -2.03. The van der Waals surface area contributed by atoms with E-state index in [2.05, 4.69) is 10.5 Å². The summed E-state index contributed by atoms with van der Waals surface area (Å²) in [6, 6.07) is 4.85. The van der Waals surface area contributed by atoms with Crippen molar-refractivity contribution in [2.24, 2.45) is 5.10 Å². The minimum absolute atomic E-state index is 0.00613. The quantitative estimate of drug-likeness (QED) is 0.396. The van der Waals surface area contributed by atoms with Gasteiger partial charge >= 0.3 is 11.9 Å². The van der Waals surface area contributed by atoms with Gasteiger partial charge in [-0.05, 0) is 12.1 Å². The first kappa shape index (κ1) is 15.8. The second kappa shape index (κ2) is 6.76. The summed E-state index contributed by atoms with van der Waals surface area (Å²) in [7, 11) is 0. The molecular weight excluding hydrogens is 285 g/mol. The van der Waals surface area contributed by atoms with Crippen LogP contribution in [0.5, 0.6) is 0 Å². The number of nitriles is 1. The second-order valence-corrected chi connectivity index (χ2v) is 3.68. The molecule has 0 saturated heterocycles. The first-order chi connectivity index (χ1) is 9.85. The first-order valence-corrected chi connectivity index (χ1v) is 5.36. The largest absolute Gasteiger partial charge is 0.481 e. The van der Waals surface area contributed by atoms with Crippen LogP contribution in [0, 0.1) is 17.1 Å². The Bertz CT molecular complexity index is 678. The van der Waals surface area contributed by atoms with Crippen LogP contribution in [0.25, 0.3) is 0 Å². The maximum Gasteiger partial charge on any atom is 0.360 e. The zero-order valence-electron chi connectivity index (χ0n) is 10.3. The molecule has 0 amide bonds. The van der Waals surface area contributed by atoms with E-state index in [0.717, 1.165) is 12.1 Å². The fraction of sp³-hybridized carbons (Fsp3) is 0.0833. The van der Waals surface area contributed by atoms with E-state index in [1.165, 1.54) is 6.07 Å². The highest BCUT2D eigenvalue weighted by Gasteiger charge is 2.22. The average Bonchev–Trinajstić information content (AvgIpc) is 2.37. The molecule has 0 fully saturated rings. The maximum absolute atomic E-state index is 13.3. The Morgan fingerprint density at radius 3 is 2.48 bits per heavy atom. The molecule has 1 aromatic rings. The number of ketones is 1. The van der Waals surface area contributed by atoms with Crippen LogP contribution in [0.2, 0.25) is 0 Å². The van der Waals surface area contributed by atoms with E-state index in [1.54, 1.807) is 6.07 Å². The van der Waals surface area contributed by atoms with Crippen molar-refractivity contribution in [3.05, 3.63) is 29.6 Å². The summed E-state index contributed by atoms with van der Waals surface area (Å²) in [6.45, 7) is 0. The van der Waals surface area contributed by atoms with Crippen molar-refractivity contribution >= 4 is 29.1 Å². The number of halogens is 1. The van der Waals surface area contributed by atoms with Gasteiger partial charge in [0.25, 0.3) is 0 Å². The van der Waals surface area contributed by atoms with Gasteiger partial charge in [0.15, 0.2) is 0 Å². The van der Waals surface area contributed by atoms with E-state index in [0.29, 0.717) is 0 Å². The van der Waals surface area contributed by atoms with Gasteiger partial charge in [-0.15, -0.1) is 0 Å². The molecule has 0 spiro atoms. The standard InChI is InChI=1S/C12H8FN3O5/c13-8-3-7(2-1-6(8)5-14)15-16-11(12(20)21)9(17)4-10(18)19/h1-3,15H,4H2,(H,18,19)(H,20,21)/b16-11+. The molecule has 9 heteroatoms. The Morgan fingerprint density at radius 1 is 1.33 bits per heavy atom. The Kier molecular flexibility index (Phi) is 5.08. The van der Waals surface area contributed by atoms with E-state index in [4.69, 9.17) is 15.5 Å². The van der Waals surface area contributed by atoms with Gasteiger partial charge < -0.3 is 10.2 Å². The molecule has 0 aliphatic heterocycles. The molecule has 0 heterocycles. The predicted octanol–water partition coefficient (Wildman–Crippen LogP) is 0.594. The number of benzene rings is 1. The minimum atomic E-state index is -1.72. The molecule has 21 heavy (non-hydrogen) atoms. The third-order valence-electron chi connectivity index (χ3n) is 2.16. The van der Waals surface area contributed by atoms with Gasteiger partial charge in [0, 0.05) is 6.07 Å². The molecule has 8 nitrogen and oxygen atoms in total. The summed E-state index contributed by atoms with van der Waals surface area (Å²) in [5.41, 5.74) is 0.867. The van der Waals surface area contributed by atoms with Gasteiger partial charge in [0.1, 0.15) is 18.3 Å². The molecule has 0 unspecified atom stereocenters. The lowest BCUT2D eigenvalue weighted by molar-refractivity contribution is -0.139. The van der Waals surface area contributed by atoms with Crippen LogP contribution in [0.15, 0.2) is 23.3 Å². The Hall–Kier alpha value is -3.28. The average molecular weight is 293 g/mol. The topological polar surface area (TPSA) is 140 Å². The van der Waals surface area contributed by atoms with Crippen LogP contribution in [-0.4, -0.2) is 33.6 Å². The molecule has 0 bridgehead atoms. The van der Waals surface area contributed by atoms with Crippen LogP contribution >= 0.6 is 0 Å². The number of anilines is 1. The van der Waals surface area contributed by atoms with Crippen LogP contribution in [0.3, 0.4) is 0 Å². The van der Waals surface area contributed by atoms with Crippen molar-refractivity contribution in [3.8, 4) is 6.07 Å². The van der Waals surface area contributed by atoms with E-state index in [9.17, 15) is 18.8 Å². The van der Waals surface area contributed by atoms with Crippen LogP contribution in [-0.2, 0) is 14.4 Å². The van der Waals surface area contributed by atoms with Gasteiger partial charge in [0.05, 0.1) is 11.3 Å². The summed E-state index contributed by atoms with van der Waals surface area (Å²) < 4.78 is 13.3. The highest BCUT2D eigenvalue weighted by Crippen LogP contribution is 2.13. The number of rotatable bonds is 6. The second-order valence-electron chi connectivity index (χ2n) is 3.68. The smallest absolute Gasteiger partial charge is 0.360 e. The van der Waals surface area contributed by atoms with Gasteiger partial charge in [-0.3, -0.25) is 15.0 Å². The predicted molar refractivity (Wildman–Crippen MR) is 67.1 cm³/mol. The van der Waals surface area contributed by atoms with Crippen molar-refractivity contribution in [3.63, 3.8) is 0 Å². The Balaban J connectivity index is 2.96. The third kappa shape index (κ3) is 4.39. The Morgan fingerprint density at radius 2 is 2.00 bits per heavy atom. The summed E-state index contributed by atoms with van der Waals surface area (Å²) in [6.07, 6.45) is -1.03. The third-order valence-corrected chi connectivity index (χ3v) is 2.16. The molecule has 0 aliphatic carbocycles. The minimum Gasteiger partial charge on any atom is -0.481 e. The fourth-order valence-corrected chi connectivity index (χ4v) is 1.25. The molecule has 108 valence electrons. The number of aliphatic carboxylic acids is 2. The zero-order chi connectivity index (χ0) is 16.0. The Labute approximate surface area is 117 Å². The lowest BCUT2D eigenvalue weighted by atomic mass is 10.2. The number of carbonyl (C=O) groups excluding carboxylic acids is 1. The fourth-order valence-electron chi connectivity index (χ4n) is 1.25. The number of hydrogen-bond donors (Lipinski definition) is 3. The van der Waals surface area contributed by atoms with Gasteiger partial charge in [0.2, 0.25) is 11.5 Å².